The molecule has 6 aromatic rings. The van der Waals surface area contributed by atoms with Crippen molar-refractivity contribution in [1.29, 1.82) is 0 Å². The molecule has 0 unspecified atom stereocenters. The van der Waals surface area contributed by atoms with Crippen LogP contribution in [-0.4, -0.2) is 0 Å². The maximum atomic E-state index is 2.55. The van der Waals surface area contributed by atoms with Crippen molar-refractivity contribution in [2.75, 3.05) is 0 Å². The summed E-state index contributed by atoms with van der Waals surface area (Å²) in [7, 11) is 0. The van der Waals surface area contributed by atoms with Crippen molar-refractivity contribution in [3.05, 3.63) is 142 Å². The van der Waals surface area contributed by atoms with Crippen LogP contribution in [0.3, 0.4) is 0 Å². The van der Waals surface area contributed by atoms with E-state index in [1.165, 1.54) is 130 Å². The number of benzene rings is 4. The van der Waals surface area contributed by atoms with Gasteiger partial charge in [-0.05, 0) is 154 Å². The maximum absolute atomic E-state index is 2.55. The van der Waals surface area contributed by atoms with Gasteiger partial charge in [0, 0.05) is 0 Å². The molecule has 0 N–H and O–H groups in total. The zero-order chi connectivity index (χ0) is 31.2. The van der Waals surface area contributed by atoms with Crippen LogP contribution in [-0.2, 0) is 31.3 Å². The molecule has 240 valence electrons. The van der Waals surface area contributed by atoms with Crippen LogP contribution < -0.4 is 0 Å². The van der Waals surface area contributed by atoms with Crippen LogP contribution in [0.5, 0.6) is 0 Å². The fourth-order valence-corrected chi connectivity index (χ4v) is 8.54. The van der Waals surface area contributed by atoms with Crippen LogP contribution in [0.15, 0.2) is 60.7 Å². The first kappa shape index (κ1) is 36.8. The zero-order valence-electron chi connectivity index (χ0n) is 30.9. The Morgan fingerprint density at radius 2 is 0.787 bits per heavy atom. The second kappa shape index (κ2) is 13.1. The molecule has 0 aliphatic heterocycles. The van der Waals surface area contributed by atoms with Gasteiger partial charge in [-0.1, -0.05) is 29.7 Å². The summed E-state index contributed by atoms with van der Waals surface area (Å²) >= 11 is 0. The summed E-state index contributed by atoms with van der Waals surface area (Å²) in [6.07, 6.45) is 3.71. The van der Waals surface area contributed by atoms with Crippen LogP contribution in [0.25, 0.3) is 43.8 Å². The summed E-state index contributed by atoms with van der Waals surface area (Å²) in [4.78, 5) is 0. The standard InChI is InChI=1S/C44H46.2CH3.Hf/c1-24-26(3)30(7)42(31(8)27(24)4)38-16-11-14-34-20-36(22-40(34)38)44(18-13-19-44)37-21-35-15-12-17-39(41(35)23-37)43-32(9)28(5)25(2)29(6)33(43)10;;;/h11-12,14-17,20-23H,13,18-19H2,1-10H3;2*1H3;/q-2;2*-1;+4. The number of hydrogen-bond acceptors (Lipinski definition) is 0. The van der Waals surface area contributed by atoms with Gasteiger partial charge in [-0.15, -0.1) is 69.1 Å². The van der Waals surface area contributed by atoms with Crippen LogP contribution in [0.4, 0.5) is 0 Å². The third-order valence-electron chi connectivity index (χ3n) is 12.4. The molecule has 1 aliphatic carbocycles. The third kappa shape index (κ3) is 5.27. The molecule has 0 spiro atoms. The monoisotopic (exact) mass is 784 g/mol. The van der Waals surface area contributed by atoms with Gasteiger partial charge in [-0.3, -0.25) is 0 Å². The first-order valence-corrected chi connectivity index (χ1v) is 16.5. The minimum absolute atomic E-state index is 0. The molecule has 47 heavy (non-hydrogen) atoms. The van der Waals surface area contributed by atoms with Crippen molar-refractivity contribution in [1.82, 2.24) is 0 Å². The van der Waals surface area contributed by atoms with Crippen molar-refractivity contribution in [2.45, 2.75) is 93.9 Å². The summed E-state index contributed by atoms with van der Waals surface area (Å²) in [5.41, 5.74) is 22.9. The molecule has 1 saturated carbocycles. The van der Waals surface area contributed by atoms with E-state index in [2.05, 4.69) is 130 Å². The van der Waals surface area contributed by atoms with Crippen LogP contribution in [0.2, 0.25) is 0 Å². The largest absolute Gasteiger partial charge is 4.00 e. The van der Waals surface area contributed by atoms with Crippen molar-refractivity contribution in [3.8, 4) is 22.3 Å². The Morgan fingerprint density at radius 1 is 0.468 bits per heavy atom. The van der Waals surface area contributed by atoms with Crippen LogP contribution in [0.1, 0.15) is 86.0 Å². The Labute approximate surface area is 304 Å². The normalized spacial score (nSPS) is 13.6. The van der Waals surface area contributed by atoms with Gasteiger partial charge in [0.2, 0.25) is 0 Å². The van der Waals surface area contributed by atoms with E-state index in [0.717, 1.165) is 0 Å². The second-order valence-corrected chi connectivity index (χ2v) is 14.0. The first-order valence-electron chi connectivity index (χ1n) is 16.5. The van der Waals surface area contributed by atoms with E-state index in [1.54, 1.807) is 0 Å². The molecule has 1 fully saturated rings. The SMILES string of the molecule is Cc1c(C)c(C)c(-c2cccc3[cH-]c(C4(c5cc6c(-c7c(C)c(C)c(C)c(C)c7C)cccc6[cH-]5)CCC4)cc23)c(C)c1C.[CH3-].[CH3-].[Hf+4]. The van der Waals surface area contributed by atoms with Crippen molar-refractivity contribution >= 4 is 21.5 Å². The van der Waals surface area contributed by atoms with E-state index >= 15 is 0 Å². The Kier molecular flexibility index (Phi) is 10.3. The Morgan fingerprint density at radius 3 is 1.09 bits per heavy atom. The van der Waals surface area contributed by atoms with Gasteiger partial charge >= 0.3 is 25.8 Å². The minimum Gasteiger partial charge on any atom is -0.358 e. The molecular formula is C46H52Hf. The smallest absolute Gasteiger partial charge is 0.358 e. The first-order chi connectivity index (χ1) is 21.0. The van der Waals surface area contributed by atoms with Crippen molar-refractivity contribution in [2.24, 2.45) is 0 Å². The van der Waals surface area contributed by atoms with Gasteiger partial charge in [-0.25, -0.2) is 0 Å². The molecule has 0 heterocycles. The molecule has 1 heteroatoms. The van der Waals surface area contributed by atoms with Crippen molar-refractivity contribution in [3.63, 3.8) is 0 Å². The average molecular weight is 783 g/mol. The fourth-order valence-electron chi connectivity index (χ4n) is 8.54. The van der Waals surface area contributed by atoms with Gasteiger partial charge in [0.05, 0.1) is 0 Å². The van der Waals surface area contributed by atoms with E-state index in [-0.39, 0.29) is 46.1 Å². The Bertz CT molecular complexity index is 1930. The number of hydrogen-bond donors (Lipinski definition) is 0. The predicted molar refractivity (Wildman–Crippen MR) is 205 cm³/mol. The fraction of sp³-hybridized carbons (Fsp3) is 0.304. The number of fused-ring (bicyclic) bond motifs is 2. The summed E-state index contributed by atoms with van der Waals surface area (Å²) in [5.74, 6) is 0. The van der Waals surface area contributed by atoms with Gasteiger partial charge in [0.15, 0.2) is 0 Å². The third-order valence-corrected chi connectivity index (χ3v) is 12.4. The summed E-state index contributed by atoms with van der Waals surface area (Å²) < 4.78 is 0. The topological polar surface area (TPSA) is 0 Å². The maximum Gasteiger partial charge on any atom is 4.00 e. The minimum atomic E-state index is 0. The molecule has 0 bridgehead atoms. The second-order valence-electron chi connectivity index (χ2n) is 14.0. The van der Waals surface area contributed by atoms with Gasteiger partial charge < -0.3 is 14.9 Å². The molecule has 1 aliphatic rings. The van der Waals surface area contributed by atoms with Crippen LogP contribution in [0, 0.1) is 84.1 Å². The van der Waals surface area contributed by atoms with E-state index < -0.39 is 0 Å². The summed E-state index contributed by atoms with van der Waals surface area (Å²) in [5, 5.41) is 5.53. The average Bonchev–Trinajstić information content (AvgIpc) is 3.62. The van der Waals surface area contributed by atoms with Gasteiger partial charge in [0.1, 0.15) is 0 Å². The molecule has 0 nitrogen and oxygen atoms in total. The quantitative estimate of drug-likeness (QED) is 0.123. The Hall–Kier alpha value is -3.03. The van der Waals surface area contributed by atoms with Crippen molar-refractivity contribution < 1.29 is 25.8 Å². The molecule has 0 aromatic heterocycles. The van der Waals surface area contributed by atoms with Crippen LogP contribution >= 0.6 is 0 Å². The number of rotatable bonds is 4. The molecular weight excluding hydrogens is 731 g/mol. The molecule has 6 aromatic carbocycles. The van der Waals surface area contributed by atoms with Gasteiger partial charge in [-0.2, -0.15) is 12.1 Å². The summed E-state index contributed by atoms with van der Waals surface area (Å²) in [6, 6.07) is 24.0. The van der Waals surface area contributed by atoms with E-state index in [1.807, 2.05) is 0 Å². The van der Waals surface area contributed by atoms with Gasteiger partial charge in [0.25, 0.3) is 0 Å². The van der Waals surface area contributed by atoms with E-state index in [4.69, 9.17) is 0 Å². The molecule has 0 radical (unpaired) electrons. The van der Waals surface area contributed by atoms with E-state index in [9.17, 15) is 0 Å². The summed E-state index contributed by atoms with van der Waals surface area (Å²) in [6.45, 7) is 23.0. The van der Waals surface area contributed by atoms with E-state index in [0.29, 0.717) is 0 Å². The molecule has 0 saturated heterocycles. The molecule has 7 rings (SSSR count). The Balaban J connectivity index is 0.00000167. The zero-order valence-corrected chi connectivity index (χ0v) is 34.5. The molecule has 0 amide bonds. The molecule has 0 atom stereocenters. The predicted octanol–water partition coefficient (Wildman–Crippen LogP) is 13.2.